The first-order chi connectivity index (χ1) is 14.1. The normalized spacial score (nSPS) is 25.5. The molecule has 2 fully saturated rings. The van der Waals surface area contributed by atoms with Crippen LogP contribution in [0.25, 0.3) is 0 Å². The molecule has 0 radical (unpaired) electrons. The second-order valence-corrected chi connectivity index (χ2v) is 10.7. The van der Waals surface area contributed by atoms with E-state index in [0.717, 1.165) is 25.7 Å². The third-order valence-electron chi connectivity index (χ3n) is 6.14. The molecular formula is C20H28N2O7S. The van der Waals surface area contributed by atoms with Crippen LogP contribution in [-0.4, -0.2) is 63.0 Å². The van der Waals surface area contributed by atoms with E-state index in [1.807, 2.05) is 24.3 Å². The van der Waals surface area contributed by atoms with E-state index in [-0.39, 0.29) is 13.0 Å². The van der Waals surface area contributed by atoms with Gasteiger partial charge in [-0.15, -0.1) is 0 Å². The number of anilines is 1. The van der Waals surface area contributed by atoms with Crippen molar-refractivity contribution in [2.75, 3.05) is 31.4 Å². The summed E-state index contributed by atoms with van der Waals surface area (Å²) >= 11 is 0. The van der Waals surface area contributed by atoms with Crippen molar-refractivity contribution in [1.29, 1.82) is 0 Å². The van der Waals surface area contributed by atoms with Gasteiger partial charge in [0.1, 0.15) is 6.10 Å². The maximum Gasteiger partial charge on any atom is 0.414 e. The Morgan fingerprint density at radius 2 is 2.03 bits per heavy atom. The number of nitrogens with one attached hydrogen (secondary N) is 1. The van der Waals surface area contributed by atoms with Crippen LogP contribution in [0.5, 0.6) is 0 Å². The Morgan fingerprint density at radius 1 is 1.37 bits per heavy atom. The number of amides is 2. The lowest BCUT2D eigenvalue weighted by atomic mass is 10.0. The Kier molecular flexibility index (Phi) is 6.40. The highest BCUT2D eigenvalue weighted by molar-refractivity contribution is 7.92. The Labute approximate surface area is 176 Å². The van der Waals surface area contributed by atoms with Crippen molar-refractivity contribution in [2.45, 2.75) is 43.0 Å². The van der Waals surface area contributed by atoms with E-state index in [1.165, 1.54) is 22.9 Å². The molecule has 2 N–H and O–H groups in total. The highest BCUT2D eigenvalue weighted by atomic mass is 32.2. The molecule has 4 unspecified atom stereocenters. The Hall–Kier alpha value is -2.17. The van der Waals surface area contributed by atoms with Crippen LogP contribution in [0.3, 0.4) is 0 Å². The number of benzene rings is 1. The standard InChI is InChI=1S/C20H28N2O7S/c1-20(18(23)21-25,30(3,26)27)11-16-12-22(19(24)29-16)15-6-4-13(5-7-15)17-10-14(17)8-9-28-2/h4-7,14,16-17,25H,8-12H2,1-3H3,(H,21,23). The maximum atomic E-state index is 12.4. The molecule has 30 heavy (non-hydrogen) atoms. The van der Waals surface area contributed by atoms with Crippen LogP contribution in [0, 0.1) is 5.92 Å². The van der Waals surface area contributed by atoms with E-state index in [1.54, 1.807) is 7.11 Å². The highest BCUT2D eigenvalue weighted by Crippen LogP contribution is 2.49. The van der Waals surface area contributed by atoms with Crippen molar-refractivity contribution >= 4 is 27.5 Å². The fourth-order valence-corrected chi connectivity index (χ4v) is 4.82. The molecule has 1 aliphatic heterocycles. The largest absolute Gasteiger partial charge is 0.444 e. The minimum Gasteiger partial charge on any atom is -0.444 e. The van der Waals surface area contributed by atoms with Crippen LogP contribution in [0.15, 0.2) is 24.3 Å². The number of methoxy groups -OCH3 is 1. The predicted molar refractivity (Wildman–Crippen MR) is 109 cm³/mol. The van der Waals surface area contributed by atoms with E-state index in [2.05, 4.69) is 0 Å². The summed E-state index contributed by atoms with van der Waals surface area (Å²) in [5.41, 5.74) is 3.26. The van der Waals surface area contributed by atoms with Gasteiger partial charge in [-0.3, -0.25) is 14.9 Å². The fourth-order valence-electron chi connectivity index (χ4n) is 3.95. The molecule has 4 atom stereocenters. The molecule has 1 saturated heterocycles. The van der Waals surface area contributed by atoms with Crippen molar-refractivity contribution in [3.8, 4) is 0 Å². The second kappa shape index (κ2) is 8.52. The zero-order valence-corrected chi connectivity index (χ0v) is 18.1. The van der Waals surface area contributed by atoms with Crippen LogP contribution in [0.1, 0.15) is 37.7 Å². The summed E-state index contributed by atoms with van der Waals surface area (Å²) in [6.45, 7) is 2.07. The number of ether oxygens (including phenoxy) is 2. The number of sulfone groups is 1. The number of hydrogen-bond donors (Lipinski definition) is 2. The van der Waals surface area contributed by atoms with Gasteiger partial charge in [0.2, 0.25) is 0 Å². The summed E-state index contributed by atoms with van der Waals surface area (Å²) in [6.07, 6.45) is 1.40. The molecule has 9 nitrogen and oxygen atoms in total. The van der Waals surface area contributed by atoms with E-state index >= 15 is 0 Å². The molecule has 0 spiro atoms. The quantitative estimate of drug-likeness (QED) is 0.444. The van der Waals surface area contributed by atoms with Crippen molar-refractivity contribution in [3.63, 3.8) is 0 Å². The number of nitrogens with zero attached hydrogens (tertiary/aromatic N) is 1. The molecule has 166 valence electrons. The minimum absolute atomic E-state index is 0.113. The summed E-state index contributed by atoms with van der Waals surface area (Å²) in [7, 11) is -2.18. The summed E-state index contributed by atoms with van der Waals surface area (Å²) in [5, 5.41) is 8.94. The molecule has 1 aromatic carbocycles. The molecular weight excluding hydrogens is 412 g/mol. The van der Waals surface area contributed by atoms with E-state index in [0.29, 0.717) is 17.5 Å². The molecule has 1 aliphatic carbocycles. The molecule has 2 amide bonds. The number of cyclic esters (lactones) is 1. The molecule has 3 rings (SSSR count). The minimum atomic E-state index is -3.87. The predicted octanol–water partition coefficient (Wildman–Crippen LogP) is 1.85. The molecule has 10 heteroatoms. The van der Waals surface area contributed by atoms with Crippen molar-refractivity contribution in [2.24, 2.45) is 5.92 Å². The van der Waals surface area contributed by atoms with Gasteiger partial charge in [-0.1, -0.05) is 12.1 Å². The Bertz CT molecular complexity index is 902. The van der Waals surface area contributed by atoms with E-state index < -0.39 is 32.7 Å². The first-order valence-electron chi connectivity index (χ1n) is 9.82. The lowest BCUT2D eigenvalue weighted by molar-refractivity contribution is -0.132. The van der Waals surface area contributed by atoms with Gasteiger partial charge < -0.3 is 9.47 Å². The number of hydroxylamine groups is 1. The average Bonchev–Trinajstić information content (AvgIpc) is 3.39. The van der Waals surface area contributed by atoms with Gasteiger partial charge in [0.25, 0.3) is 5.91 Å². The summed E-state index contributed by atoms with van der Waals surface area (Å²) < 4.78 is 32.8. The van der Waals surface area contributed by atoms with Gasteiger partial charge in [-0.25, -0.2) is 18.7 Å². The van der Waals surface area contributed by atoms with Crippen molar-refractivity contribution in [1.82, 2.24) is 5.48 Å². The van der Waals surface area contributed by atoms with E-state index in [4.69, 9.17) is 14.7 Å². The Morgan fingerprint density at radius 3 is 2.60 bits per heavy atom. The number of carbonyl (C=O) groups excluding carboxylic acids is 2. The molecule has 1 heterocycles. The zero-order chi connectivity index (χ0) is 22.1. The maximum absolute atomic E-state index is 12.4. The first kappa shape index (κ1) is 22.5. The second-order valence-electron chi connectivity index (χ2n) is 8.24. The fraction of sp³-hybridized carbons (Fsp3) is 0.600. The zero-order valence-electron chi connectivity index (χ0n) is 17.3. The average molecular weight is 441 g/mol. The molecule has 0 aromatic heterocycles. The van der Waals surface area contributed by atoms with Crippen LogP contribution in [-0.2, 0) is 24.1 Å². The van der Waals surface area contributed by atoms with Gasteiger partial charge in [-0.05, 0) is 49.3 Å². The third-order valence-corrected chi connectivity index (χ3v) is 8.13. The van der Waals surface area contributed by atoms with Crippen molar-refractivity contribution in [3.05, 3.63) is 29.8 Å². The molecule has 1 saturated carbocycles. The van der Waals surface area contributed by atoms with Gasteiger partial charge in [0, 0.05) is 32.1 Å². The van der Waals surface area contributed by atoms with Crippen LogP contribution in [0.4, 0.5) is 10.5 Å². The molecule has 2 aliphatic rings. The molecule has 0 bridgehead atoms. The summed E-state index contributed by atoms with van der Waals surface area (Å²) in [5.74, 6) is 0.0829. The SMILES string of the molecule is COCCC1CC1c1ccc(N2CC(CC(C)(C(=O)NO)S(C)(=O)=O)OC2=O)cc1. The number of carbonyl (C=O) groups is 2. The topological polar surface area (TPSA) is 122 Å². The lowest BCUT2D eigenvalue weighted by Crippen LogP contribution is -2.51. The van der Waals surface area contributed by atoms with Crippen LogP contribution >= 0.6 is 0 Å². The van der Waals surface area contributed by atoms with Gasteiger partial charge in [0.05, 0.1) is 6.54 Å². The third kappa shape index (κ3) is 4.45. The van der Waals surface area contributed by atoms with Gasteiger partial charge in [0.15, 0.2) is 14.6 Å². The van der Waals surface area contributed by atoms with Gasteiger partial charge in [-0.2, -0.15) is 0 Å². The summed E-state index contributed by atoms with van der Waals surface area (Å²) in [4.78, 5) is 25.8. The smallest absolute Gasteiger partial charge is 0.414 e. The highest BCUT2D eigenvalue weighted by Gasteiger charge is 2.48. The van der Waals surface area contributed by atoms with Crippen LogP contribution in [0.2, 0.25) is 0 Å². The van der Waals surface area contributed by atoms with E-state index in [9.17, 15) is 18.0 Å². The monoisotopic (exact) mass is 440 g/mol. The summed E-state index contributed by atoms with van der Waals surface area (Å²) in [6, 6.07) is 7.68. The first-order valence-corrected chi connectivity index (χ1v) is 11.7. The Balaban J connectivity index is 1.66. The number of hydrogen-bond acceptors (Lipinski definition) is 7. The molecule has 1 aromatic rings. The lowest BCUT2D eigenvalue weighted by Gasteiger charge is -2.26. The van der Waals surface area contributed by atoms with Gasteiger partial charge >= 0.3 is 6.09 Å². The van der Waals surface area contributed by atoms with Crippen LogP contribution < -0.4 is 10.4 Å². The van der Waals surface area contributed by atoms with Crippen molar-refractivity contribution < 1.29 is 32.7 Å². The number of rotatable bonds is 9.